The van der Waals surface area contributed by atoms with E-state index in [1.807, 2.05) is 12.1 Å². The molecule has 4 rings (SSSR count). The van der Waals surface area contributed by atoms with E-state index in [4.69, 9.17) is 28.4 Å². The Labute approximate surface area is 566 Å². The fraction of sp³-hybridized carbons (Fsp3) is 0.698. The van der Waals surface area contributed by atoms with Gasteiger partial charge in [-0.3, -0.25) is 0 Å². The molecule has 0 atom stereocenters. The van der Waals surface area contributed by atoms with Crippen molar-refractivity contribution in [1.82, 2.24) is 0 Å². The van der Waals surface area contributed by atoms with Gasteiger partial charge in [0.15, 0.2) is 23.0 Å². The largest absolute Gasteiger partial charge is 0.492 e. The molecule has 6 nitrogen and oxygen atoms in total. The Morgan fingerprint density at radius 2 is 0.348 bits per heavy atom. The molecule has 512 valence electrons. The highest BCUT2D eigenvalue weighted by Gasteiger charge is 2.17. The van der Waals surface area contributed by atoms with E-state index in [9.17, 15) is 0 Å². The molecule has 0 aliphatic heterocycles. The zero-order chi connectivity index (χ0) is 65.3. The predicted molar refractivity (Wildman–Crippen MR) is 394 cm³/mol. The molecule has 2 bridgehead atoms. The van der Waals surface area contributed by atoms with Crippen molar-refractivity contribution in [3.8, 4) is 81.9 Å². The summed E-state index contributed by atoms with van der Waals surface area (Å²) in [5.41, 5.74) is 4.52. The van der Waals surface area contributed by atoms with Crippen molar-refractivity contribution in [2.24, 2.45) is 0 Å². The second-order valence-corrected chi connectivity index (χ2v) is 26.5. The number of hydrogen-bond acceptors (Lipinski definition) is 6. The van der Waals surface area contributed by atoms with Crippen LogP contribution in [0.1, 0.15) is 383 Å². The van der Waals surface area contributed by atoms with Crippen molar-refractivity contribution < 1.29 is 28.4 Å². The van der Waals surface area contributed by atoms with E-state index in [2.05, 4.69) is 113 Å². The van der Waals surface area contributed by atoms with Gasteiger partial charge >= 0.3 is 0 Å². The van der Waals surface area contributed by atoms with Crippen molar-refractivity contribution in [2.45, 2.75) is 350 Å². The van der Waals surface area contributed by atoms with Gasteiger partial charge in [0.2, 0.25) is 0 Å². The lowest BCUT2D eigenvalue weighted by atomic mass is 10.0. The molecule has 6 heteroatoms. The highest BCUT2D eigenvalue weighted by atomic mass is 16.5. The molecule has 1 aliphatic rings. The normalized spacial score (nSPS) is 11.3. The molecule has 3 aromatic rings. The number of unbranched alkanes of at least 4 members (excludes halogenated alkanes) is 42. The van der Waals surface area contributed by atoms with Gasteiger partial charge in [-0.2, -0.15) is 0 Å². The van der Waals surface area contributed by atoms with Crippen molar-refractivity contribution in [3.05, 3.63) is 69.8 Å². The van der Waals surface area contributed by atoms with Crippen molar-refractivity contribution in [3.63, 3.8) is 0 Å². The third-order valence-electron chi connectivity index (χ3n) is 17.9. The molecule has 92 heavy (non-hydrogen) atoms. The maximum Gasteiger partial charge on any atom is 0.162 e. The van der Waals surface area contributed by atoms with E-state index in [0.717, 1.165) is 110 Å². The minimum Gasteiger partial charge on any atom is -0.492 e. The average molecular weight is 1260 g/mol. The molecule has 0 saturated heterocycles. The van der Waals surface area contributed by atoms with Crippen molar-refractivity contribution in [2.75, 3.05) is 39.6 Å². The lowest BCUT2D eigenvalue weighted by Crippen LogP contribution is -2.05. The van der Waals surface area contributed by atoms with Gasteiger partial charge in [-0.15, -0.1) is 0 Å². The Kier molecular flexibility index (Phi) is 48.2. The quantitative estimate of drug-likeness (QED) is 0.0415. The summed E-state index contributed by atoms with van der Waals surface area (Å²) in [5, 5.41) is 0. The van der Waals surface area contributed by atoms with Crippen LogP contribution < -0.4 is 28.4 Å². The van der Waals surface area contributed by atoms with Crippen LogP contribution in [0.5, 0.6) is 34.5 Å². The van der Waals surface area contributed by atoms with Crippen LogP contribution in [0.4, 0.5) is 0 Å². The van der Waals surface area contributed by atoms with E-state index in [1.165, 1.54) is 231 Å². The van der Waals surface area contributed by atoms with Crippen LogP contribution >= 0.6 is 0 Å². The molecule has 0 aromatic heterocycles. The molecular weight excluding hydrogens is 1130 g/mol. The molecule has 0 fully saturated rings. The summed E-state index contributed by atoms with van der Waals surface area (Å²) in [4.78, 5) is 0. The number of hydrogen-bond donors (Lipinski definition) is 0. The summed E-state index contributed by atoms with van der Waals surface area (Å²) in [7, 11) is 0. The van der Waals surface area contributed by atoms with Crippen LogP contribution in [-0.2, 0) is 0 Å². The van der Waals surface area contributed by atoms with Crippen LogP contribution in [0, 0.1) is 47.4 Å². The van der Waals surface area contributed by atoms with E-state index in [1.54, 1.807) is 0 Å². The fourth-order valence-electron chi connectivity index (χ4n) is 12.0. The Morgan fingerprint density at radius 1 is 0.174 bits per heavy atom. The molecule has 0 saturated carbocycles. The minimum atomic E-state index is 0.598. The lowest BCUT2D eigenvalue weighted by molar-refractivity contribution is 0.258. The summed E-state index contributed by atoms with van der Waals surface area (Å²) >= 11 is 0. The van der Waals surface area contributed by atoms with Crippen LogP contribution in [0.2, 0.25) is 0 Å². The van der Waals surface area contributed by atoms with Gasteiger partial charge in [0.25, 0.3) is 0 Å². The van der Waals surface area contributed by atoms with Gasteiger partial charge in [0, 0.05) is 52.6 Å². The van der Waals surface area contributed by atoms with Gasteiger partial charge in [0.1, 0.15) is 11.5 Å². The maximum atomic E-state index is 6.81. The van der Waals surface area contributed by atoms with Crippen molar-refractivity contribution >= 4 is 0 Å². The molecule has 0 N–H and O–H groups in total. The summed E-state index contributed by atoms with van der Waals surface area (Å²) in [6, 6.07) is 12.3. The first-order valence-electron chi connectivity index (χ1n) is 38.9. The monoisotopic (exact) mass is 1260 g/mol. The molecule has 0 unspecified atom stereocenters. The number of benzene rings is 3. The molecule has 3 aromatic carbocycles. The van der Waals surface area contributed by atoms with Gasteiger partial charge in [-0.1, -0.05) is 347 Å². The number of rotatable bonds is 60. The van der Waals surface area contributed by atoms with Crippen LogP contribution in [0.25, 0.3) is 0 Å². The van der Waals surface area contributed by atoms with E-state index in [0.29, 0.717) is 74.1 Å². The zero-order valence-corrected chi connectivity index (χ0v) is 60.1. The first-order valence-corrected chi connectivity index (χ1v) is 38.9. The Bertz CT molecular complexity index is 2420. The second kappa shape index (κ2) is 56.1. The zero-order valence-electron chi connectivity index (χ0n) is 60.1. The van der Waals surface area contributed by atoms with Crippen LogP contribution in [0.15, 0.2) is 36.4 Å². The Balaban J connectivity index is 1.85. The summed E-state index contributed by atoms with van der Waals surface area (Å²) < 4.78 is 40.5. The number of ether oxygens (including phenoxy) is 6. The van der Waals surface area contributed by atoms with Crippen LogP contribution in [0.3, 0.4) is 0 Å². The van der Waals surface area contributed by atoms with E-state index >= 15 is 0 Å². The second-order valence-electron chi connectivity index (χ2n) is 26.5. The van der Waals surface area contributed by atoms with Gasteiger partial charge in [0.05, 0.1) is 50.8 Å². The Morgan fingerprint density at radius 3 is 0.565 bits per heavy atom. The molecular formula is C86H132O6. The van der Waals surface area contributed by atoms with Crippen molar-refractivity contribution in [1.29, 1.82) is 0 Å². The molecule has 0 heterocycles. The fourth-order valence-corrected chi connectivity index (χ4v) is 12.0. The first kappa shape index (κ1) is 79.1. The topological polar surface area (TPSA) is 55.4 Å². The first-order chi connectivity index (χ1) is 45.5. The maximum absolute atomic E-state index is 6.81. The molecule has 1 aliphatic carbocycles. The molecule has 0 amide bonds. The lowest BCUT2D eigenvalue weighted by Gasteiger charge is -2.15. The summed E-state index contributed by atoms with van der Waals surface area (Å²) in [6.45, 7) is 17.3. The van der Waals surface area contributed by atoms with E-state index in [-0.39, 0.29) is 0 Å². The number of fused-ring (bicyclic) bond motifs is 4. The third kappa shape index (κ3) is 37.6. The molecule has 0 radical (unpaired) electrons. The standard InChI is InChI=1S/C86H132O6/c1-7-13-19-25-31-37-43-51-63-87-81-74-82(88-64-52-44-38-32-26-20-14-8-2)80-62-60-78-73-86(92-68-56-48-42-36-30-24-18-12-6)84(90-66-54-46-40-34-28-22-16-10-4)71-76(78)58-50-49-57-75-70-83(89-65-53-45-39-33-27-21-15-9-3)85(72-77(75)59-61-79(81)69-80)91-67-55-47-41-35-29-23-17-11-5/h69-74H,7-48,51-56,63-68H2,1-6H3. The highest BCUT2D eigenvalue weighted by Crippen LogP contribution is 2.35. The van der Waals surface area contributed by atoms with Crippen LogP contribution in [-0.4, -0.2) is 39.6 Å². The third-order valence-corrected chi connectivity index (χ3v) is 17.9. The predicted octanol–water partition coefficient (Wildman–Crippen LogP) is 25.3. The van der Waals surface area contributed by atoms with E-state index < -0.39 is 0 Å². The van der Waals surface area contributed by atoms with Gasteiger partial charge in [-0.05, 0) is 56.4 Å². The van der Waals surface area contributed by atoms with Gasteiger partial charge in [-0.25, -0.2) is 0 Å². The average Bonchev–Trinajstić information content (AvgIpc) is 1.09. The van der Waals surface area contributed by atoms with Gasteiger partial charge < -0.3 is 28.4 Å². The minimum absolute atomic E-state index is 0.598. The Hall–Kier alpha value is -5.30. The highest BCUT2D eigenvalue weighted by molar-refractivity contribution is 5.66. The summed E-state index contributed by atoms with van der Waals surface area (Å²) in [5.74, 6) is 32.2. The smallest absolute Gasteiger partial charge is 0.162 e. The summed E-state index contributed by atoms with van der Waals surface area (Å²) in [6.07, 6.45) is 59.1. The molecule has 0 spiro atoms. The SMILES string of the molecule is CCCCCCCCCCOc1cc(OCCCCCCCCCC)c2cc1C#Cc1cc(OCCCCCCCCCC)c(OCCCCCCCCCC)cc1C#CC#Cc1cc(OCCCCCCCCCC)c(OCCCCCCCCCC)cc1C#C2.